The molecule has 0 atom stereocenters. The molecule has 0 N–H and O–H groups in total. The number of para-hydroxylation sites is 2. The molecule has 0 saturated heterocycles. The van der Waals surface area contributed by atoms with Crippen molar-refractivity contribution < 1.29 is 8.83 Å². The van der Waals surface area contributed by atoms with E-state index < -0.39 is 0 Å². The van der Waals surface area contributed by atoms with Crippen LogP contribution in [0.15, 0.2) is 203 Å². The first-order valence-electron chi connectivity index (χ1n) is 18.5. The van der Waals surface area contributed by atoms with Gasteiger partial charge in [0.05, 0.1) is 11.4 Å². The summed E-state index contributed by atoms with van der Waals surface area (Å²) in [5.74, 6) is 0.613. The van der Waals surface area contributed by atoms with E-state index in [0.29, 0.717) is 5.89 Å². The Hall–Kier alpha value is -7.43. The third kappa shape index (κ3) is 5.11. The minimum atomic E-state index is 0.613. The van der Waals surface area contributed by atoms with Crippen LogP contribution >= 0.6 is 0 Å². The minimum Gasteiger partial charge on any atom is -0.456 e. The summed E-state index contributed by atoms with van der Waals surface area (Å²) in [6.07, 6.45) is 0. The van der Waals surface area contributed by atoms with Gasteiger partial charge in [-0.3, -0.25) is 0 Å². The fourth-order valence-electron chi connectivity index (χ4n) is 8.19. The van der Waals surface area contributed by atoms with Crippen LogP contribution in [0.1, 0.15) is 0 Å². The zero-order valence-corrected chi connectivity index (χ0v) is 29.7. The Morgan fingerprint density at radius 3 is 1.67 bits per heavy atom. The largest absolute Gasteiger partial charge is 0.456 e. The smallest absolute Gasteiger partial charge is 0.227 e. The summed E-state index contributed by atoms with van der Waals surface area (Å²) in [6, 6.07) is 68.1. The SMILES string of the molecule is c1ccc(-c2nc3cccc(-c4ccc(N(c5ccc6c(c5)oc5ccccc56)c5ccc(-c6ccccc6)c6ccccc56)c5ccccc45)c3o2)cc1. The molecule has 9 aromatic carbocycles. The highest BCUT2D eigenvalue weighted by Gasteiger charge is 2.23. The number of fused-ring (bicyclic) bond motifs is 6. The Morgan fingerprint density at radius 2 is 0.945 bits per heavy atom. The van der Waals surface area contributed by atoms with E-state index in [1.807, 2.05) is 48.5 Å². The molecule has 2 heterocycles. The lowest BCUT2D eigenvalue weighted by Crippen LogP contribution is -2.11. The van der Waals surface area contributed by atoms with Gasteiger partial charge < -0.3 is 13.7 Å². The molecule has 4 nitrogen and oxygen atoms in total. The Balaban J connectivity index is 1.16. The molecule has 0 aliphatic heterocycles. The first-order valence-corrected chi connectivity index (χ1v) is 18.5. The molecule has 0 saturated carbocycles. The molecule has 0 fully saturated rings. The van der Waals surface area contributed by atoms with Gasteiger partial charge in [0.15, 0.2) is 5.58 Å². The topological polar surface area (TPSA) is 42.4 Å². The highest BCUT2D eigenvalue weighted by molar-refractivity contribution is 6.13. The summed E-state index contributed by atoms with van der Waals surface area (Å²) in [4.78, 5) is 7.28. The van der Waals surface area contributed by atoms with E-state index in [2.05, 4.69) is 150 Å². The van der Waals surface area contributed by atoms with Crippen molar-refractivity contribution in [2.24, 2.45) is 0 Å². The fourth-order valence-corrected chi connectivity index (χ4v) is 8.19. The second-order valence-electron chi connectivity index (χ2n) is 13.9. The summed E-state index contributed by atoms with van der Waals surface area (Å²) in [5, 5.41) is 6.78. The van der Waals surface area contributed by atoms with Crippen LogP contribution in [0, 0.1) is 0 Å². The number of furan rings is 1. The van der Waals surface area contributed by atoms with Crippen LogP contribution in [0.3, 0.4) is 0 Å². The van der Waals surface area contributed by atoms with Crippen molar-refractivity contribution in [3.05, 3.63) is 194 Å². The molecule has 0 amide bonds. The van der Waals surface area contributed by atoms with Crippen molar-refractivity contribution >= 4 is 71.6 Å². The summed E-state index contributed by atoms with van der Waals surface area (Å²) >= 11 is 0. The van der Waals surface area contributed by atoms with Crippen LogP contribution in [0.25, 0.3) is 88.3 Å². The van der Waals surface area contributed by atoms with E-state index >= 15 is 0 Å². The van der Waals surface area contributed by atoms with E-state index in [9.17, 15) is 0 Å². The van der Waals surface area contributed by atoms with Crippen LogP contribution < -0.4 is 4.90 Å². The van der Waals surface area contributed by atoms with E-state index in [1.54, 1.807) is 0 Å². The quantitative estimate of drug-likeness (QED) is 0.173. The Kier molecular flexibility index (Phi) is 7.14. The van der Waals surface area contributed by atoms with Crippen LogP contribution in [0.2, 0.25) is 0 Å². The normalized spacial score (nSPS) is 11.6. The molecule has 0 unspecified atom stereocenters. The molecule has 0 aliphatic rings. The average molecular weight is 705 g/mol. The van der Waals surface area contributed by atoms with E-state index in [0.717, 1.165) is 82.9 Å². The predicted octanol–water partition coefficient (Wildman–Crippen LogP) is 14.5. The van der Waals surface area contributed by atoms with Gasteiger partial charge in [0.25, 0.3) is 0 Å². The Morgan fingerprint density at radius 1 is 0.364 bits per heavy atom. The number of aromatic nitrogens is 1. The number of benzene rings is 9. The zero-order valence-electron chi connectivity index (χ0n) is 29.7. The van der Waals surface area contributed by atoms with Gasteiger partial charge in [0, 0.05) is 44.4 Å². The van der Waals surface area contributed by atoms with Crippen LogP contribution in [-0.4, -0.2) is 4.98 Å². The van der Waals surface area contributed by atoms with Crippen LogP contribution in [-0.2, 0) is 0 Å². The molecule has 258 valence electrons. The minimum absolute atomic E-state index is 0.613. The molecule has 11 aromatic rings. The molecule has 2 aromatic heterocycles. The van der Waals surface area contributed by atoms with E-state index in [4.69, 9.17) is 13.8 Å². The second kappa shape index (κ2) is 12.6. The number of hydrogen-bond acceptors (Lipinski definition) is 4. The first-order chi connectivity index (χ1) is 27.3. The predicted molar refractivity (Wildman–Crippen MR) is 227 cm³/mol. The summed E-state index contributed by atoms with van der Waals surface area (Å²) in [6.45, 7) is 0. The zero-order chi connectivity index (χ0) is 36.3. The summed E-state index contributed by atoms with van der Waals surface area (Å²) in [7, 11) is 0. The van der Waals surface area contributed by atoms with Gasteiger partial charge in [-0.1, -0.05) is 140 Å². The molecule has 0 spiro atoms. The van der Waals surface area contributed by atoms with E-state index in [-0.39, 0.29) is 0 Å². The van der Waals surface area contributed by atoms with Crippen molar-refractivity contribution in [1.82, 2.24) is 4.98 Å². The van der Waals surface area contributed by atoms with Gasteiger partial charge >= 0.3 is 0 Å². The van der Waals surface area contributed by atoms with Crippen molar-refractivity contribution in [1.29, 1.82) is 0 Å². The highest BCUT2D eigenvalue weighted by atomic mass is 16.3. The third-order valence-electron chi connectivity index (χ3n) is 10.7. The molecular weight excluding hydrogens is 673 g/mol. The van der Waals surface area contributed by atoms with Crippen LogP contribution in [0.5, 0.6) is 0 Å². The maximum atomic E-state index is 6.53. The van der Waals surface area contributed by atoms with Crippen molar-refractivity contribution in [3.63, 3.8) is 0 Å². The fraction of sp³-hybridized carbons (Fsp3) is 0. The lowest BCUT2D eigenvalue weighted by Gasteiger charge is -2.29. The molecule has 0 aliphatic carbocycles. The van der Waals surface area contributed by atoms with Gasteiger partial charge in [0.1, 0.15) is 16.7 Å². The highest BCUT2D eigenvalue weighted by Crippen LogP contribution is 2.47. The number of nitrogens with zero attached hydrogens (tertiary/aromatic N) is 2. The van der Waals surface area contributed by atoms with Gasteiger partial charge in [-0.05, 0) is 76.0 Å². The Bertz CT molecular complexity index is 3220. The van der Waals surface area contributed by atoms with Crippen molar-refractivity contribution in [2.75, 3.05) is 4.90 Å². The average Bonchev–Trinajstić information content (AvgIpc) is 3.86. The monoisotopic (exact) mass is 704 g/mol. The maximum Gasteiger partial charge on any atom is 0.227 e. The molecule has 0 radical (unpaired) electrons. The third-order valence-corrected chi connectivity index (χ3v) is 10.7. The molecule has 4 heteroatoms. The lowest BCUT2D eigenvalue weighted by molar-refractivity contribution is 0.621. The van der Waals surface area contributed by atoms with E-state index in [1.165, 1.54) is 16.5 Å². The molecule has 0 bridgehead atoms. The summed E-state index contributed by atoms with van der Waals surface area (Å²) in [5.41, 5.74) is 11.9. The molecule has 55 heavy (non-hydrogen) atoms. The number of anilines is 3. The van der Waals surface area contributed by atoms with Crippen molar-refractivity contribution in [3.8, 4) is 33.7 Å². The second-order valence-corrected chi connectivity index (χ2v) is 13.9. The first kappa shape index (κ1) is 31.1. The number of oxazole rings is 1. The molecular formula is C51H32N2O2. The van der Waals surface area contributed by atoms with Gasteiger partial charge in [-0.15, -0.1) is 0 Å². The van der Waals surface area contributed by atoms with Gasteiger partial charge in [0.2, 0.25) is 5.89 Å². The molecule has 11 rings (SSSR count). The number of rotatable bonds is 6. The lowest BCUT2D eigenvalue weighted by atomic mass is 9.94. The maximum absolute atomic E-state index is 6.53. The van der Waals surface area contributed by atoms with Crippen molar-refractivity contribution in [2.45, 2.75) is 0 Å². The Labute approximate surface area is 317 Å². The standard InChI is InChI=1S/C51H32N2O2/c1-3-14-33(15-4-1)36-28-30-46(40-20-9-7-18-37(36)40)53(35-26-27-43-42-22-11-12-25-48(42)54-49(43)32-35)47-31-29-39(38-19-8-10-21-41(38)47)44-23-13-24-45-50(44)55-51(52-45)34-16-5-2-6-17-34/h1-32H. The summed E-state index contributed by atoms with van der Waals surface area (Å²) < 4.78 is 13.0. The number of hydrogen-bond donors (Lipinski definition) is 0. The van der Waals surface area contributed by atoms with Crippen LogP contribution in [0.4, 0.5) is 17.1 Å². The van der Waals surface area contributed by atoms with Gasteiger partial charge in [-0.25, -0.2) is 4.98 Å². The van der Waals surface area contributed by atoms with Gasteiger partial charge in [-0.2, -0.15) is 0 Å².